The summed E-state index contributed by atoms with van der Waals surface area (Å²) in [5, 5.41) is 19.1. The molecule has 0 saturated heterocycles. The summed E-state index contributed by atoms with van der Waals surface area (Å²) in [5.74, 6) is -3.75. The Morgan fingerprint density at radius 3 is 2.37 bits per heavy atom. The smallest absolute Gasteiger partial charge is 0.356 e. The third kappa shape index (κ3) is 2.25. The minimum Gasteiger partial charge on any atom is -0.476 e. The van der Waals surface area contributed by atoms with E-state index >= 15 is 0 Å². The van der Waals surface area contributed by atoms with Crippen molar-refractivity contribution in [3.8, 4) is 5.69 Å². The zero-order valence-corrected chi connectivity index (χ0v) is 9.08. The molecule has 19 heavy (non-hydrogen) atoms. The van der Waals surface area contributed by atoms with Gasteiger partial charge in [-0.2, -0.15) is 0 Å². The van der Waals surface area contributed by atoms with E-state index in [9.17, 15) is 23.7 Å². The monoisotopic (exact) mass is 269 g/mol. The summed E-state index contributed by atoms with van der Waals surface area (Å²) in [6.45, 7) is 0. The summed E-state index contributed by atoms with van der Waals surface area (Å²) in [5.41, 5.74) is -1.78. The van der Waals surface area contributed by atoms with Gasteiger partial charge in [0.05, 0.1) is 17.1 Å². The normalized spacial score (nSPS) is 10.4. The number of carboxylic acid groups (broad SMARTS) is 1. The molecule has 2 aromatic rings. The lowest BCUT2D eigenvalue weighted by molar-refractivity contribution is -0.385. The summed E-state index contributed by atoms with van der Waals surface area (Å²) < 4.78 is 28.1. The van der Waals surface area contributed by atoms with Crippen molar-refractivity contribution in [2.45, 2.75) is 0 Å². The number of non-ortho nitro benzene ring substituents is 1. The fourth-order valence-corrected chi connectivity index (χ4v) is 1.46. The first-order valence-electron chi connectivity index (χ1n) is 4.81. The molecule has 0 radical (unpaired) electrons. The van der Waals surface area contributed by atoms with E-state index in [-0.39, 0.29) is 0 Å². The zero-order chi connectivity index (χ0) is 14.2. The molecule has 1 aromatic carbocycles. The van der Waals surface area contributed by atoms with Crippen molar-refractivity contribution in [1.29, 1.82) is 0 Å². The summed E-state index contributed by atoms with van der Waals surface area (Å²) in [6, 6.07) is 1.08. The van der Waals surface area contributed by atoms with E-state index in [1.54, 1.807) is 0 Å². The maximum atomic E-state index is 13.6. The molecule has 1 N–H and O–H groups in total. The minimum absolute atomic E-state index is 0.405. The lowest BCUT2D eigenvalue weighted by Crippen LogP contribution is -2.02. The van der Waals surface area contributed by atoms with Gasteiger partial charge in [0.25, 0.3) is 5.69 Å². The second-order valence-electron chi connectivity index (χ2n) is 3.49. The Bertz CT molecular complexity index is 660. The van der Waals surface area contributed by atoms with Crippen molar-refractivity contribution < 1.29 is 23.6 Å². The molecule has 0 unspecified atom stereocenters. The van der Waals surface area contributed by atoms with Crippen LogP contribution in [-0.4, -0.2) is 25.6 Å². The van der Waals surface area contributed by atoms with Gasteiger partial charge in [-0.15, -0.1) is 0 Å². The van der Waals surface area contributed by atoms with Gasteiger partial charge in [-0.05, 0) is 0 Å². The Morgan fingerprint density at radius 1 is 1.37 bits per heavy atom. The summed E-state index contributed by atoms with van der Waals surface area (Å²) >= 11 is 0. The Hall–Kier alpha value is -2.84. The van der Waals surface area contributed by atoms with E-state index in [4.69, 9.17) is 5.11 Å². The van der Waals surface area contributed by atoms with Crippen LogP contribution in [-0.2, 0) is 0 Å². The molecular weight excluding hydrogens is 264 g/mol. The van der Waals surface area contributed by atoms with Gasteiger partial charge < -0.3 is 9.67 Å². The highest BCUT2D eigenvalue weighted by atomic mass is 19.1. The van der Waals surface area contributed by atoms with Crippen molar-refractivity contribution in [2.24, 2.45) is 0 Å². The third-order valence-corrected chi connectivity index (χ3v) is 2.27. The van der Waals surface area contributed by atoms with Gasteiger partial charge in [-0.1, -0.05) is 0 Å². The second-order valence-corrected chi connectivity index (χ2v) is 3.49. The molecule has 7 nitrogen and oxygen atoms in total. The lowest BCUT2D eigenvalue weighted by Gasteiger charge is -2.05. The zero-order valence-electron chi connectivity index (χ0n) is 9.08. The van der Waals surface area contributed by atoms with Crippen molar-refractivity contribution in [3.05, 3.63) is 52.1 Å². The van der Waals surface area contributed by atoms with Crippen LogP contribution in [0.2, 0.25) is 0 Å². The first-order chi connectivity index (χ1) is 8.90. The highest BCUT2D eigenvalue weighted by molar-refractivity contribution is 5.85. The maximum Gasteiger partial charge on any atom is 0.356 e. The van der Waals surface area contributed by atoms with E-state index in [0.29, 0.717) is 12.1 Å². The van der Waals surface area contributed by atoms with Gasteiger partial charge in [-0.25, -0.2) is 18.6 Å². The number of nitrogens with zero attached hydrogens (tertiary/aromatic N) is 3. The van der Waals surface area contributed by atoms with Crippen LogP contribution >= 0.6 is 0 Å². The number of aromatic nitrogens is 2. The molecule has 0 saturated carbocycles. The number of aromatic carboxylic acids is 1. The van der Waals surface area contributed by atoms with Crippen LogP contribution in [0.3, 0.4) is 0 Å². The summed E-state index contributed by atoms with van der Waals surface area (Å²) in [4.78, 5) is 23.5. The molecule has 1 aromatic heterocycles. The van der Waals surface area contributed by atoms with Crippen LogP contribution in [0.4, 0.5) is 14.5 Å². The number of benzene rings is 1. The second kappa shape index (κ2) is 4.44. The number of imidazole rings is 1. The van der Waals surface area contributed by atoms with Crippen LogP contribution in [0.5, 0.6) is 0 Å². The fourth-order valence-electron chi connectivity index (χ4n) is 1.46. The number of carboxylic acids is 1. The number of rotatable bonds is 3. The Labute approximate surface area is 103 Å². The fraction of sp³-hybridized carbons (Fsp3) is 0. The van der Waals surface area contributed by atoms with E-state index in [1.807, 2.05) is 0 Å². The van der Waals surface area contributed by atoms with E-state index < -0.39 is 39.6 Å². The predicted molar refractivity (Wildman–Crippen MR) is 57.1 cm³/mol. The topological polar surface area (TPSA) is 98.3 Å². The predicted octanol–water partition coefficient (Wildman–Crippen LogP) is 1.76. The average Bonchev–Trinajstić information content (AvgIpc) is 2.77. The standard InChI is InChI=1S/C10H5F2N3O4/c11-6-1-5(15(18)19)2-7(12)9(6)14-3-8(10(16)17)13-4-14/h1-4H,(H,16,17). The molecule has 0 amide bonds. The van der Waals surface area contributed by atoms with Gasteiger partial charge in [-0.3, -0.25) is 10.1 Å². The molecule has 9 heteroatoms. The molecule has 2 rings (SSSR count). The summed E-state index contributed by atoms with van der Waals surface area (Å²) in [6.07, 6.45) is 1.80. The molecule has 0 aliphatic rings. The number of hydrogen-bond donors (Lipinski definition) is 1. The molecule has 0 fully saturated rings. The Kier molecular flexibility index (Phi) is 2.95. The van der Waals surface area contributed by atoms with E-state index in [2.05, 4.69) is 4.98 Å². The molecule has 0 aliphatic heterocycles. The first kappa shape index (κ1) is 12.6. The van der Waals surface area contributed by atoms with Crippen molar-refractivity contribution in [1.82, 2.24) is 9.55 Å². The van der Waals surface area contributed by atoms with Gasteiger partial charge >= 0.3 is 5.97 Å². The van der Waals surface area contributed by atoms with Gasteiger partial charge in [0.2, 0.25) is 0 Å². The molecule has 1 heterocycles. The van der Waals surface area contributed by atoms with Crippen LogP contribution in [0.1, 0.15) is 10.5 Å². The molecule has 0 aliphatic carbocycles. The Balaban J connectivity index is 2.55. The molecule has 98 valence electrons. The number of carbonyl (C=O) groups is 1. The lowest BCUT2D eigenvalue weighted by atomic mass is 10.2. The molecular formula is C10H5F2N3O4. The van der Waals surface area contributed by atoms with Gasteiger partial charge in [0.15, 0.2) is 17.3 Å². The highest BCUT2D eigenvalue weighted by Gasteiger charge is 2.19. The van der Waals surface area contributed by atoms with Crippen molar-refractivity contribution in [3.63, 3.8) is 0 Å². The average molecular weight is 269 g/mol. The number of nitro benzene ring substituents is 1. The van der Waals surface area contributed by atoms with Crippen LogP contribution in [0.15, 0.2) is 24.7 Å². The van der Waals surface area contributed by atoms with Crippen LogP contribution < -0.4 is 0 Å². The highest BCUT2D eigenvalue weighted by Crippen LogP contribution is 2.23. The molecule has 0 bridgehead atoms. The van der Waals surface area contributed by atoms with Crippen LogP contribution in [0, 0.1) is 21.7 Å². The van der Waals surface area contributed by atoms with Gasteiger partial charge in [0, 0.05) is 6.20 Å². The minimum atomic E-state index is -1.36. The maximum absolute atomic E-state index is 13.6. The number of nitro groups is 1. The largest absolute Gasteiger partial charge is 0.476 e. The SMILES string of the molecule is O=C(O)c1cn(-c2c(F)cc([N+](=O)[O-])cc2F)cn1. The van der Waals surface area contributed by atoms with E-state index in [0.717, 1.165) is 17.1 Å². The first-order valence-corrected chi connectivity index (χ1v) is 4.81. The molecule has 0 atom stereocenters. The van der Waals surface area contributed by atoms with E-state index in [1.165, 1.54) is 0 Å². The van der Waals surface area contributed by atoms with Crippen LogP contribution in [0.25, 0.3) is 5.69 Å². The van der Waals surface area contributed by atoms with Crippen molar-refractivity contribution >= 4 is 11.7 Å². The summed E-state index contributed by atoms with van der Waals surface area (Å²) in [7, 11) is 0. The number of hydrogen-bond acceptors (Lipinski definition) is 4. The molecule has 0 spiro atoms. The quantitative estimate of drug-likeness (QED) is 0.676. The van der Waals surface area contributed by atoms with Gasteiger partial charge in [0.1, 0.15) is 12.0 Å². The third-order valence-electron chi connectivity index (χ3n) is 2.27. The van der Waals surface area contributed by atoms with Crippen molar-refractivity contribution in [2.75, 3.05) is 0 Å². The Morgan fingerprint density at radius 2 is 1.95 bits per heavy atom. The number of halogens is 2.